The van der Waals surface area contributed by atoms with Gasteiger partial charge in [-0.2, -0.15) is 0 Å². The molecule has 3 rings (SSSR count). The predicted octanol–water partition coefficient (Wildman–Crippen LogP) is 4.77. The number of aromatic nitrogens is 1. The quantitative estimate of drug-likeness (QED) is 0.444. The number of carbonyl (C=O) groups is 2. The summed E-state index contributed by atoms with van der Waals surface area (Å²) in [4.78, 5) is 29.9. The summed E-state index contributed by atoms with van der Waals surface area (Å²) < 4.78 is 20.3. The number of aldehydes is 1. The van der Waals surface area contributed by atoms with Crippen LogP contribution >= 0.6 is 11.6 Å². The van der Waals surface area contributed by atoms with E-state index in [4.69, 9.17) is 16.3 Å². The lowest BCUT2D eigenvalue weighted by molar-refractivity contribution is 0.0958. The molecule has 0 unspecified atom stereocenters. The van der Waals surface area contributed by atoms with Gasteiger partial charge in [-0.25, -0.2) is 9.37 Å². The van der Waals surface area contributed by atoms with Crippen molar-refractivity contribution in [2.24, 2.45) is 0 Å². The van der Waals surface area contributed by atoms with Crippen molar-refractivity contribution in [1.82, 2.24) is 10.3 Å². The maximum atomic E-state index is 14.4. The normalized spacial score (nSPS) is 10.6. The molecule has 0 fully saturated rings. The molecule has 8 heteroatoms. The van der Waals surface area contributed by atoms with Gasteiger partial charge in [0.25, 0.3) is 5.91 Å². The Balaban J connectivity index is 1.77. The van der Waals surface area contributed by atoms with Gasteiger partial charge < -0.3 is 15.0 Å². The summed E-state index contributed by atoms with van der Waals surface area (Å²) in [5.41, 5.74) is 3.52. The van der Waals surface area contributed by atoms with Crippen LogP contribution in [0.5, 0.6) is 5.75 Å². The van der Waals surface area contributed by atoms with Gasteiger partial charge in [-0.3, -0.25) is 9.59 Å². The first-order valence-electron chi connectivity index (χ1n) is 10.8. The lowest BCUT2D eigenvalue weighted by Crippen LogP contribution is -2.25. The Kier molecular flexibility index (Phi) is 8.23. The molecule has 0 spiro atoms. The number of carbonyl (C=O) groups excluding carboxylic acids is 2. The average Bonchev–Trinajstić information content (AvgIpc) is 2.83. The number of nitrogens with zero attached hydrogens (tertiary/aromatic N) is 2. The van der Waals surface area contributed by atoms with E-state index in [9.17, 15) is 14.0 Å². The number of halogens is 2. The Bertz CT molecular complexity index is 1220. The minimum atomic E-state index is -0.608. The largest absolute Gasteiger partial charge is 0.489 e. The number of pyridine rings is 1. The molecule has 1 N–H and O–H groups in total. The van der Waals surface area contributed by atoms with E-state index in [-0.39, 0.29) is 5.56 Å². The number of amides is 1. The third-order valence-electron chi connectivity index (χ3n) is 5.65. The topological polar surface area (TPSA) is 71.5 Å². The molecule has 0 radical (unpaired) electrons. The van der Waals surface area contributed by atoms with Crippen molar-refractivity contribution in [1.29, 1.82) is 0 Å². The molecule has 0 aliphatic carbocycles. The second-order valence-electron chi connectivity index (χ2n) is 7.99. The van der Waals surface area contributed by atoms with Gasteiger partial charge >= 0.3 is 0 Å². The highest BCUT2D eigenvalue weighted by Gasteiger charge is 2.17. The van der Waals surface area contributed by atoms with E-state index in [0.717, 1.165) is 22.5 Å². The Hall–Kier alpha value is -3.45. The molecule has 1 amide bonds. The Labute approximate surface area is 203 Å². The van der Waals surface area contributed by atoms with E-state index < -0.39 is 11.7 Å². The summed E-state index contributed by atoms with van der Waals surface area (Å²) in [6, 6.07) is 10.0. The monoisotopic (exact) mass is 483 g/mol. The summed E-state index contributed by atoms with van der Waals surface area (Å²) in [5.74, 6) is 0.0829. The first kappa shape index (κ1) is 25.2. The van der Waals surface area contributed by atoms with Crippen molar-refractivity contribution in [3.63, 3.8) is 0 Å². The molecule has 3 aromatic rings. The van der Waals surface area contributed by atoms with Gasteiger partial charge in [0.2, 0.25) is 0 Å². The molecular formula is C26H27ClFN3O3. The van der Waals surface area contributed by atoms with Gasteiger partial charge in [-0.15, -0.1) is 0 Å². The van der Waals surface area contributed by atoms with Crippen LogP contribution < -0.4 is 15.0 Å². The lowest BCUT2D eigenvalue weighted by Gasteiger charge is -2.21. The molecule has 2 aromatic carbocycles. The molecule has 1 heterocycles. The molecule has 1 aromatic heterocycles. The zero-order valence-electron chi connectivity index (χ0n) is 19.6. The van der Waals surface area contributed by atoms with Crippen LogP contribution in [0.15, 0.2) is 42.6 Å². The third-order valence-corrected chi connectivity index (χ3v) is 6.10. The molecule has 178 valence electrons. The van der Waals surface area contributed by atoms with Gasteiger partial charge in [-0.05, 0) is 66.8 Å². The molecule has 0 aliphatic rings. The standard InChI is InChI=1S/C26H27ClFN3O3/c1-16-6-5-9-30-25(16)31(4)10-11-34-24-20(15-32)14-19(17(2)23(24)27)12-18-7-8-21(22(28)13-18)26(33)29-3/h5-9,13-15H,10-12H2,1-4H3,(H,29,33). The van der Waals surface area contributed by atoms with E-state index >= 15 is 0 Å². The van der Waals surface area contributed by atoms with Crippen molar-refractivity contribution in [3.05, 3.63) is 86.8 Å². The Morgan fingerprint density at radius 3 is 2.68 bits per heavy atom. The first-order chi connectivity index (χ1) is 16.3. The van der Waals surface area contributed by atoms with E-state index in [0.29, 0.717) is 47.8 Å². The highest BCUT2D eigenvalue weighted by Crippen LogP contribution is 2.35. The third kappa shape index (κ3) is 5.54. The molecule has 34 heavy (non-hydrogen) atoms. The summed E-state index contributed by atoms with van der Waals surface area (Å²) in [5, 5.41) is 2.76. The summed E-state index contributed by atoms with van der Waals surface area (Å²) in [7, 11) is 3.37. The van der Waals surface area contributed by atoms with Crippen LogP contribution in [0, 0.1) is 19.7 Å². The fourth-order valence-electron chi connectivity index (χ4n) is 3.69. The van der Waals surface area contributed by atoms with Gasteiger partial charge in [0, 0.05) is 20.3 Å². The molecule has 0 bridgehead atoms. The fourth-order valence-corrected chi connectivity index (χ4v) is 3.98. The van der Waals surface area contributed by atoms with Crippen LogP contribution in [0.4, 0.5) is 10.2 Å². The smallest absolute Gasteiger partial charge is 0.253 e. The lowest BCUT2D eigenvalue weighted by atomic mass is 9.97. The minimum Gasteiger partial charge on any atom is -0.489 e. The fraction of sp³-hybridized carbons (Fsp3) is 0.269. The highest BCUT2D eigenvalue weighted by molar-refractivity contribution is 6.33. The first-order valence-corrected chi connectivity index (χ1v) is 11.2. The number of aryl methyl sites for hydroxylation is 1. The van der Waals surface area contributed by atoms with Crippen LogP contribution in [-0.4, -0.2) is 44.4 Å². The van der Waals surface area contributed by atoms with Crippen molar-refractivity contribution in [3.8, 4) is 5.75 Å². The van der Waals surface area contributed by atoms with Crippen molar-refractivity contribution >= 4 is 29.6 Å². The van der Waals surface area contributed by atoms with E-state index in [2.05, 4.69) is 10.3 Å². The Morgan fingerprint density at radius 1 is 1.26 bits per heavy atom. The number of nitrogens with one attached hydrogen (secondary N) is 1. The highest BCUT2D eigenvalue weighted by atomic mass is 35.5. The Morgan fingerprint density at radius 2 is 2.03 bits per heavy atom. The molecule has 0 aliphatic heterocycles. The summed E-state index contributed by atoms with van der Waals surface area (Å²) in [6.07, 6.45) is 2.78. The number of hydrogen-bond acceptors (Lipinski definition) is 5. The van der Waals surface area contributed by atoms with Gasteiger partial charge in [0.15, 0.2) is 6.29 Å². The van der Waals surface area contributed by atoms with E-state index in [1.54, 1.807) is 18.3 Å². The maximum Gasteiger partial charge on any atom is 0.253 e. The van der Waals surface area contributed by atoms with Crippen LogP contribution in [0.3, 0.4) is 0 Å². The maximum absolute atomic E-state index is 14.4. The number of rotatable bonds is 9. The summed E-state index contributed by atoms with van der Waals surface area (Å²) in [6.45, 7) is 4.67. The second-order valence-corrected chi connectivity index (χ2v) is 8.37. The zero-order chi connectivity index (χ0) is 24.8. The number of ether oxygens (including phenoxy) is 1. The zero-order valence-corrected chi connectivity index (χ0v) is 20.4. The van der Waals surface area contributed by atoms with Crippen LogP contribution in [0.1, 0.15) is 43.0 Å². The predicted molar refractivity (Wildman–Crippen MR) is 132 cm³/mol. The van der Waals surface area contributed by atoms with Crippen LogP contribution in [-0.2, 0) is 6.42 Å². The number of anilines is 1. The minimum absolute atomic E-state index is 0.0239. The average molecular weight is 484 g/mol. The van der Waals surface area contributed by atoms with Crippen LogP contribution in [0.2, 0.25) is 5.02 Å². The van der Waals surface area contributed by atoms with Gasteiger partial charge in [0.05, 0.1) is 22.7 Å². The van der Waals surface area contributed by atoms with Crippen molar-refractivity contribution in [2.75, 3.05) is 32.1 Å². The molecule has 0 saturated heterocycles. The molecule has 0 saturated carbocycles. The van der Waals surface area contributed by atoms with E-state index in [1.165, 1.54) is 19.2 Å². The summed E-state index contributed by atoms with van der Waals surface area (Å²) >= 11 is 6.59. The molecule has 0 atom stereocenters. The van der Waals surface area contributed by atoms with Gasteiger partial charge in [-0.1, -0.05) is 23.7 Å². The van der Waals surface area contributed by atoms with Crippen molar-refractivity contribution in [2.45, 2.75) is 20.3 Å². The van der Waals surface area contributed by atoms with Crippen LogP contribution in [0.25, 0.3) is 0 Å². The second kappa shape index (κ2) is 11.1. The van der Waals surface area contributed by atoms with E-state index in [1.807, 2.05) is 37.9 Å². The number of hydrogen-bond donors (Lipinski definition) is 1. The molecule has 6 nitrogen and oxygen atoms in total. The van der Waals surface area contributed by atoms with Crippen molar-refractivity contribution < 1.29 is 18.7 Å². The number of likely N-dealkylation sites (N-methyl/N-ethyl adjacent to an activating group) is 1. The van der Waals surface area contributed by atoms with Gasteiger partial charge in [0.1, 0.15) is 24.0 Å². The molecular weight excluding hydrogens is 457 g/mol. The number of benzene rings is 2. The SMILES string of the molecule is CNC(=O)c1ccc(Cc2cc(C=O)c(OCCN(C)c3ncccc3C)c(Cl)c2C)cc1F.